The zero-order valence-electron chi connectivity index (χ0n) is 10.9. The summed E-state index contributed by atoms with van der Waals surface area (Å²) in [6.45, 7) is 2.27. The van der Waals surface area contributed by atoms with E-state index in [2.05, 4.69) is 4.90 Å². The molecular weight excluding hydrogens is 248 g/mol. The van der Waals surface area contributed by atoms with Crippen molar-refractivity contribution in [2.75, 3.05) is 20.2 Å². The molecule has 0 amide bonds. The Bertz CT molecular complexity index is 456. The molecule has 1 aromatic carbocycles. The van der Waals surface area contributed by atoms with Crippen LogP contribution in [0.2, 0.25) is 0 Å². The topological polar surface area (TPSA) is 75.8 Å². The number of rotatable bonds is 4. The van der Waals surface area contributed by atoms with Crippen molar-refractivity contribution >= 4 is 5.69 Å². The Morgan fingerprint density at radius 3 is 2.68 bits per heavy atom. The molecule has 0 radical (unpaired) electrons. The molecule has 0 spiro atoms. The molecule has 0 atom stereocenters. The first-order valence-electron chi connectivity index (χ1n) is 6.31. The van der Waals surface area contributed by atoms with Crippen LogP contribution in [0.3, 0.4) is 0 Å². The van der Waals surface area contributed by atoms with E-state index < -0.39 is 4.92 Å². The summed E-state index contributed by atoms with van der Waals surface area (Å²) >= 11 is 0. The fourth-order valence-electron chi connectivity index (χ4n) is 2.29. The molecule has 1 heterocycles. The molecule has 0 aliphatic carbocycles. The zero-order valence-corrected chi connectivity index (χ0v) is 10.9. The largest absolute Gasteiger partial charge is 0.496 e. The number of benzene rings is 1. The third kappa shape index (κ3) is 3.65. The minimum atomic E-state index is -0.411. The number of non-ortho nitro benzene ring substituents is 1. The Kier molecular flexibility index (Phi) is 4.34. The van der Waals surface area contributed by atoms with Crippen LogP contribution < -0.4 is 4.74 Å². The number of nitrogens with zero attached hydrogens (tertiary/aromatic N) is 2. The van der Waals surface area contributed by atoms with Crippen LogP contribution >= 0.6 is 0 Å². The highest BCUT2D eigenvalue weighted by atomic mass is 16.6. The summed E-state index contributed by atoms with van der Waals surface area (Å²) in [5, 5.41) is 20.3. The van der Waals surface area contributed by atoms with E-state index in [1.165, 1.54) is 13.2 Å². The molecule has 19 heavy (non-hydrogen) atoms. The molecule has 0 bridgehead atoms. The van der Waals surface area contributed by atoms with Crippen molar-refractivity contribution < 1.29 is 14.8 Å². The van der Waals surface area contributed by atoms with E-state index in [1.807, 2.05) is 6.07 Å². The fraction of sp³-hybridized carbons (Fsp3) is 0.538. The smallest absolute Gasteiger partial charge is 0.273 e. The van der Waals surface area contributed by atoms with Crippen molar-refractivity contribution in [1.82, 2.24) is 4.90 Å². The minimum Gasteiger partial charge on any atom is -0.496 e. The normalized spacial score (nSPS) is 17.4. The van der Waals surface area contributed by atoms with Gasteiger partial charge in [0.2, 0.25) is 0 Å². The van der Waals surface area contributed by atoms with E-state index in [4.69, 9.17) is 4.74 Å². The van der Waals surface area contributed by atoms with Crippen LogP contribution in [-0.2, 0) is 6.54 Å². The van der Waals surface area contributed by atoms with Crippen molar-refractivity contribution in [3.05, 3.63) is 33.9 Å². The monoisotopic (exact) mass is 266 g/mol. The molecule has 1 aromatic rings. The number of nitro groups is 1. The Morgan fingerprint density at radius 2 is 2.11 bits per heavy atom. The van der Waals surface area contributed by atoms with Gasteiger partial charge in [0.05, 0.1) is 24.2 Å². The highest BCUT2D eigenvalue weighted by Gasteiger charge is 2.18. The van der Waals surface area contributed by atoms with Crippen molar-refractivity contribution in [3.63, 3.8) is 0 Å². The first-order valence-corrected chi connectivity index (χ1v) is 6.31. The quantitative estimate of drug-likeness (QED) is 0.661. The molecule has 6 nitrogen and oxygen atoms in total. The van der Waals surface area contributed by atoms with Crippen LogP contribution in [0.15, 0.2) is 18.2 Å². The maximum absolute atomic E-state index is 10.9. The van der Waals surface area contributed by atoms with Gasteiger partial charge in [-0.05, 0) is 24.5 Å². The summed E-state index contributed by atoms with van der Waals surface area (Å²) < 4.78 is 5.09. The Hall–Kier alpha value is -1.66. The lowest BCUT2D eigenvalue weighted by Crippen LogP contribution is -2.35. The molecule has 1 aliphatic heterocycles. The van der Waals surface area contributed by atoms with Gasteiger partial charge >= 0.3 is 0 Å². The fourth-order valence-corrected chi connectivity index (χ4v) is 2.29. The molecule has 6 heteroatoms. The van der Waals surface area contributed by atoms with E-state index >= 15 is 0 Å². The lowest BCUT2D eigenvalue weighted by Gasteiger charge is -2.29. The second kappa shape index (κ2) is 5.99. The van der Waals surface area contributed by atoms with Crippen molar-refractivity contribution in [1.29, 1.82) is 0 Å². The van der Waals surface area contributed by atoms with E-state index in [0.29, 0.717) is 12.3 Å². The molecular formula is C13H18N2O4. The van der Waals surface area contributed by atoms with Crippen molar-refractivity contribution in [2.45, 2.75) is 25.5 Å². The second-order valence-corrected chi connectivity index (χ2v) is 4.80. The molecule has 0 saturated carbocycles. The average molecular weight is 266 g/mol. The van der Waals surface area contributed by atoms with Gasteiger partial charge in [0.25, 0.3) is 5.69 Å². The number of hydrogen-bond acceptors (Lipinski definition) is 5. The van der Waals surface area contributed by atoms with Crippen LogP contribution in [0, 0.1) is 10.1 Å². The number of nitro benzene ring substituents is 1. The average Bonchev–Trinajstić information content (AvgIpc) is 2.41. The molecule has 1 fully saturated rings. The van der Waals surface area contributed by atoms with Gasteiger partial charge in [-0.2, -0.15) is 0 Å². The first kappa shape index (κ1) is 13.8. The first-order chi connectivity index (χ1) is 9.08. The molecule has 2 rings (SSSR count). The lowest BCUT2D eigenvalue weighted by atomic mass is 10.1. The third-order valence-corrected chi connectivity index (χ3v) is 3.36. The van der Waals surface area contributed by atoms with Gasteiger partial charge in [-0.3, -0.25) is 15.0 Å². The standard InChI is InChI=1S/C13H18N2O4/c1-19-13-7-10(6-11(8-13)15(17)18)9-14-4-2-12(16)3-5-14/h6-8,12,16H,2-5,9H2,1H3. The van der Waals surface area contributed by atoms with Gasteiger partial charge in [-0.1, -0.05) is 0 Å². The van der Waals surface area contributed by atoms with Gasteiger partial charge in [-0.25, -0.2) is 0 Å². The summed E-state index contributed by atoms with van der Waals surface area (Å²) in [6.07, 6.45) is 1.30. The number of likely N-dealkylation sites (tertiary alicyclic amines) is 1. The van der Waals surface area contributed by atoms with E-state index in [-0.39, 0.29) is 11.8 Å². The number of methoxy groups -OCH3 is 1. The predicted molar refractivity (Wildman–Crippen MR) is 70.2 cm³/mol. The molecule has 0 aromatic heterocycles. The summed E-state index contributed by atoms with van der Waals surface area (Å²) in [7, 11) is 1.50. The summed E-state index contributed by atoms with van der Waals surface area (Å²) in [4.78, 5) is 12.6. The van der Waals surface area contributed by atoms with E-state index in [1.54, 1.807) is 6.07 Å². The molecule has 0 unspecified atom stereocenters. The highest BCUT2D eigenvalue weighted by molar-refractivity contribution is 5.42. The maximum Gasteiger partial charge on any atom is 0.273 e. The maximum atomic E-state index is 10.9. The number of aliphatic hydroxyl groups is 1. The lowest BCUT2D eigenvalue weighted by molar-refractivity contribution is -0.385. The summed E-state index contributed by atoms with van der Waals surface area (Å²) in [5.41, 5.74) is 0.911. The van der Waals surface area contributed by atoms with E-state index in [0.717, 1.165) is 31.5 Å². The summed E-state index contributed by atoms with van der Waals surface area (Å²) in [6, 6.07) is 4.81. The van der Waals surface area contributed by atoms with Crippen LogP contribution in [0.25, 0.3) is 0 Å². The Balaban J connectivity index is 2.10. The van der Waals surface area contributed by atoms with Crippen molar-refractivity contribution in [3.8, 4) is 5.75 Å². The predicted octanol–water partition coefficient (Wildman–Crippen LogP) is 1.56. The van der Waals surface area contributed by atoms with Gasteiger partial charge in [0.1, 0.15) is 5.75 Å². The van der Waals surface area contributed by atoms with Gasteiger partial charge in [0, 0.05) is 25.7 Å². The number of ether oxygens (including phenoxy) is 1. The number of piperidine rings is 1. The van der Waals surface area contributed by atoms with Gasteiger partial charge < -0.3 is 9.84 Å². The Labute approximate surface area is 111 Å². The number of aliphatic hydroxyl groups excluding tert-OH is 1. The van der Waals surface area contributed by atoms with Gasteiger partial charge in [-0.15, -0.1) is 0 Å². The third-order valence-electron chi connectivity index (χ3n) is 3.36. The van der Waals surface area contributed by atoms with E-state index in [9.17, 15) is 15.2 Å². The minimum absolute atomic E-state index is 0.0476. The van der Waals surface area contributed by atoms with Crippen molar-refractivity contribution in [2.24, 2.45) is 0 Å². The highest BCUT2D eigenvalue weighted by Crippen LogP contribution is 2.24. The molecule has 1 saturated heterocycles. The summed E-state index contributed by atoms with van der Waals surface area (Å²) in [5.74, 6) is 0.501. The van der Waals surface area contributed by atoms with Crippen LogP contribution in [0.1, 0.15) is 18.4 Å². The van der Waals surface area contributed by atoms with Gasteiger partial charge in [0.15, 0.2) is 0 Å². The second-order valence-electron chi connectivity index (χ2n) is 4.80. The number of hydrogen-bond donors (Lipinski definition) is 1. The van der Waals surface area contributed by atoms with Crippen LogP contribution in [-0.4, -0.2) is 41.2 Å². The zero-order chi connectivity index (χ0) is 13.8. The SMILES string of the molecule is COc1cc(CN2CCC(O)CC2)cc([N+](=O)[O-])c1. The van der Waals surface area contributed by atoms with Crippen LogP contribution in [0.5, 0.6) is 5.75 Å². The molecule has 1 aliphatic rings. The Morgan fingerprint density at radius 1 is 1.42 bits per heavy atom. The molecule has 104 valence electrons. The van der Waals surface area contributed by atoms with Crippen LogP contribution in [0.4, 0.5) is 5.69 Å². The molecule has 1 N–H and O–H groups in total.